The van der Waals surface area contributed by atoms with E-state index in [9.17, 15) is 9.90 Å². The molecule has 1 heterocycles. The van der Waals surface area contributed by atoms with Crippen molar-refractivity contribution >= 4 is 5.97 Å². The van der Waals surface area contributed by atoms with Gasteiger partial charge in [-0.2, -0.15) is 0 Å². The number of carboxylic acids is 1. The van der Waals surface area contributed by atoms with Crippen LogP contribution in [-0.4, -0.2) is 35.5 Å². The lowest BCUT2D eigenvalue weighted by Crippen LogP contribution is -2.23. The fourth-order valence-electron chi connectivity index (χ4n) is 1.20. The molecule has 1 fully saturated rings. The summed E-state index contributed by atoms with van der Waals surface area (Å²) in [6.45, 7) is 1.13. The minimum Gasteiger partial charge on any atom is -0.481 e. The smallest absolute Gasteiger partial charge is 0.305 e. The number of carboxylic acid groups (broad SMARTS) is 1. The number of hydrogen-bond donors (Lipinski definition) is 2. The van der Waals surface area contributed by atoms with Gasteiger partial charge in [0.15, 0.2) is 0 Å². The Kier molecular flexibility index (Phi) is 2.84. The molecule has 0 aromatic carbocycles. The molecule has 0 aromatic rings. The number of aliphatic hydroxyl groups is 1. The molecule has 2 atom stereocenters. The second kappa shape index (κ2) is 3.69. The SMILES string of the molecule is O=C(O)C[C@H](O)C1CCOC1. The molecule has 0 radical (unpaired) electrons. The summed E-state index contributed by atoms with van der Waals surface area (Å²) >= 11 is 0. The van der Waals surface area contributed by atoms with Crippen molar-refractivity contribution in [1.82, 2.24) is 0 Å². The Morgan fingerprint density at radius 3 is 2.91 bits per heavy atom. The van der Waals surface area contributed by atoms with E-state index in [1.54, 1.807) is 0 Å². The maximum absolute atomic E-state index is 10.2. The first-order chi connectivity index (χ1) is 5.20. The number of ether oxygens (including phenoxy) is 1. The molecule has 0 aliphatic carbocycles. The minimum absolute atomic E-state index is 0.0195. The van der Waals surface area contributed by atoms with Gasteiger partial charge in [-0.25, -0.2) is 0 Å². The first-order valence-electron chi connectivity index (χ1n) is 3.67. The summed E-state index contributed by atoms with van der Waals surface area (Å²) in [5.41, 5.74) is 0. The number of aliphatic carboxylic acids is 1. The molecule has 4 nitrogen and oxygen atoms in total. The van der Waals surface area contributed by atoms with Gasteiger partial charge in [0.05, 0.1) is 19.1 Å². The Morgan fingerprint density at radius 2 is 2.45 bits per heavy atom. The summed E-state index contributed by atoms with van der Waals surface area (Å²) in [6, 6.07) is 0. The lowest BCUT2D eigenvalue weighted by Gasteiger charge is -2.13. The van der Waals surface area contributed by atoms with Crippen molar-refractivity contribution in [1.29, 1.82) is 0 Å². The molecule has 2 N–H and O–H groups in total. The highest BCUT2D eigenvalue weighted by Gasteiger charge is 2.25. The van der Waals surface area contributed by atoms with Crippen LogP contribution in [0.2, 0.25) is 0 Å². The van der Waals surface area contributed by atoms with E-state index in [1.165, 1.54) is 0 Å². The normalized spacial score (nSPS) is 26.8. The van der Waals surface area contributed by atoms with Gasteiger partial charge < -0.3 is 14.9 Å². The van der Waals surface area contributed by atoms with Crippen molar-refractivity contribution in [2.45, 2.75) is 18.9 Å². The van der Waals surface area contributed by atoms with E-state index < -0.39 is 12.1 Å². The van der Waals surface area contributed by atoms with Gasteiger partial charge in [0.25, 0.3) is 0 Å². The van der Waals surface area contributed by atoms with Gasteiger partial charge in [-0.1, -0.05) is 0 Å². The van der Waals surface area contributed by atoms with Gasteiger partial charge in [0.1, 0.15) is 0 Å². The van der Waals surface area contributed by atoms with Crippen molar-refractivity contribution in [2.24, 2.45) is 5.92 Å². The average Bonchev–Trinajstić information content (AvgIpc) is 2.35. The van der Waals surface area contributed by atoms with Crippen LogP contribution < -0.4 is 0 Å². The van der Waals surface area contributed by atoms with Gasteiger partial charge in [0, 0.05) is 12.5 Å². The summed E-state index contributed by atoms with van der Waals surface area (Å²) < 4.78 is 5.01. The van der Waals surface area contributed by atoms with Crippen LogP contribution in [-0.2, 0) is 9.53 Å². The highest BCUT2D eigenvalue weighted by Crippen LogP contribution is 2.18. The third kappa shape index (κ3) is 2.48. The molecule has 4 heteroatoms. The zero-order valence-corrected chi connectivity index (χ0v) is 6.19. The van der Waals surface area contributed by atoms with Crippen LogP contribution in [0.4, 0.5) is 0 Å². The van der Waals surface area contributed by atoms with Crippen LogP contribution in [0, 0.1) is 5.92 Å². The maximum atomic E-state index is 10.2. The van der Waals surface area contributed by atoms with Crippen molar-refractivity contribution in [2.75, 3.05) is 13.2 Å². The quantitative estimate of drug-likeness (QED) is 0.603. The number of hydrogen-bond acceptors (Lipinski definition) is 3. The Hall–Kier alpha value is -0.610. The second-order valence-electron chi connectivity index (χ2n) is 2.79. The first kappa shape index (κ1) is 8.49. The highest BCUT2D eigenvalue weighted by molar-refractivity contribution is 5.67. The number of carbonyl (C=O) groups is 1. The number of aliphatic hydroxyl groups excluding tert-OH is 1. The monoisotopic (exact) mass is 160 g/mol. The van der Waals surface area contributed by atoms with E-state index in [0.29, 0.717) is 13.2 Å². The summed E-state index contributed by atoms with van der Waals surface area (Å²) in [6.07, 6.45) is -0.141. The predicted octanol–water partition coefficient (Wildman–Crippen LogP) is -0.141. The second-order valence-corrected chi connectivity index (χ2v) is 2.79. The third-order valence-corrected chi connectivity index (χ3v) is 1.89. The van der Waals surface area contributed by atoms with Crippen LogP contribution in [0.25, 0.3) is 0 Å². The summed E-state index contributed by atoms with van der Waals surface area (Å²) in [7, 11) is 0. The summed E-state index contributed by atoms with van der Waals surface area (Å²) in [4.78, 5) is 10.2. The highest BCUT2D eigenvalue weighted by atomic mass is 16.5. The topological polar surface area (TPSA) is 66.8 Å². The zero-order chi connectivity index (χ0) is 8.27. The van der Waals surface area contributed by atoms with Crippen LogP contribution in [0.5, 0.6) is 0 Å². The van der Waals surface area contributed by atoms with Gasteiger partial charge >= 0.3 is 5.97 Å². The van der Waals surface area contributed by atoms with Gasteiger partial charge in [-0.3, -0.25) is 4.79 Å². The molecule has 1 rings (SSSR count). The van der Waals surface area contributed by atoms with E-state index in [2.05, 4.69) is 0 Å². The Bertz CT molecular complexity index is 139. The Balaban J connectivity index is 2.28. The van der Waals surface area contributed by atoms with Crippen LogP contribution >= 0.6 is 0 Å². The van der Waals surface area contributed by atoms with Crippen molar-refractivity contribution in [3.8, 4) is 0 Å². The van der Waals surface area contributed by atoms with Crippen LogP contribution in [0.15, 0.2) is 0 Å². The van der Waals surface area contributed by atoms with Crippen molar-refractivity contribution in [3.05, 3.63) is 0 Å². The molecule has 1 aliphatic heterocycles. The standard InChI is InChI=1S/C7H12O4/c8-6(3-7(9)10)5-1-2-11-4-5/h5-6,8H,1-4H2,(H,9,10)/t5?,6-/m0/s1. The maximum Gasteiger partial charge on any atom is 0.305 e. The largest absolute Gasteiger partial charge is 0.481 e. The van der Waals surface area contributed by atoms with Crippen LogP contribution in [0.3, 0.4) is 0 Å². The van der Waals surface area contributed by atoms with E-state index >= 15 is 0 Å². The van der Waals surface area contributed by atoms with Gasteiger partial charge in [0.2, 0.25) is 0 Å². The molecule has 0 amide bonds. The summed E-state index contributed by atoms with van der Waals surface area (Å²) in [5.74, 6) is -0.935. The molecule has 64 valence electrons. The Labute approximate surface area is 64.8 Å². The molecular weight excluding hydrogens is 148 g/mol. The van der Waals surface area contributed by atoms with E-state index in [-0.39, 0.29) is 12.3 Å². The lowest BCUT2D eigenvalue weighted by atomic mass is 9.99. The summed E-state index contributed by atoms with van der Waals surface area (Å²) in [5, 5.41) is 17.6. The molecule has 1 unspecified atom stereocenters. The van der Waals surface area contributed by atoms with E-state index in [4.69, 9.17) is 9.84 Å². The molecule has 11 heavy (non-hydrogen) atoms. The fourth-order valence-corrected chi connectivity index (χ4v) is 1.20. The van der Waals surface area contributed by atoms with Crippen molar-refractivity contribution in [3.63, 3.8) is 0 Å². The predicted molar refractivity (Wildman–Crippen MR) is 37.2 cm³/mol. The average molecular weight is 160 g/mol. The van der Waals surface area contributed by atoms with E-state index in [1.807, 2.05) is 0 Å². The minimum atomic E-state index is -0.954. The van der Waals surface area contributed by atoms with Crippen molar-refractivity contribution < 1.29 is 19.7 Å². The molecule has 0 saturated carbocycles. The van der Waals surface area contributed by atoms with Gasteiger partial charge in [-0.15, -0.1) is 0 Å². The molecule has 1 aliphatic rings. The Morgan fingerprint density at radius 1 is 1.73 bits per heavy atom. The number of rotatable bonds is 3. The molecule has 0 aromatic heterocycles. The molecule has 1 saturated heterocycles. The lowest BCUT2D eigenvalue weighted by molar-refractivity contribution is -0.139. The zero-order valence-electron chi connectivity index (χ0n) is 6.19. The first-order valence-corrected chi connectivity index (χ1v) is 3.67. The fraction of sp³-hybridized carbons (Fsp3) is 0.857. The molecule has 0 bridgehead atoms. The third-order valence-electron chi connectivity index (χ3n) is 1.89. The van der Waals surface area contributed by atoms with E-state index in [0.717, 1.165) is 6.42 Å². The molecular formula is C7H12O4. The van der Waals surface area contributed by atoms with Gasteiger partial charge in [-0.05, 0) is 6.42 Å². The molecule has 0 spiro atoms. The van der Waals surface area contributed by atoms with Crippen LogP contribution in [0.1, 0.15) is 12.8 Å².